The van der Waals surface area contributed by atoms with E-state index in [4.69, 9.17) is 4.74 Å². The third-order valence-electron chi connectivity index (χ3n) is 4.20. The van der Waals surface area contributed by atoms with Crippen LogP contribution < -0.4 is 4.74 Å². The van der Waals surface area contributed by atoms with E-state index >= 15 is 0 Å². The fraction of sp³-hybridized carbons (Fsp3) is 0.316. The molecule has 1 heterocycles. The fourth-order valence-corrected chi connectivity index (χ4v) is 3.01. The van der Waals surface area contributed by atoms with Crippen LogP contribution in [-0.2, 0) is 0 Å². The number of likely N-dealkylation sites (tertiary alicyclic amines) is 1. The van der Waals surface area contributed by atoms with Crippen LogP contribution in [0, 0.1) is 0 Å². The summed E-state index contributed by atoms with van der Waals surface area (Å²) < 4.78 is 5.95. The number of nitrogens with zero attached hydrogens (tertiary/aromatic N) is 1. The van der Waals surface area contributed by atoms with Crippen LogP contribution in [0.25, 0.3) is 11.1 Å². The van der Waals surface area contributed by atoms with Crippen molar-refractivity contribution in [2.24, 2.45) is 0 Å². The average molecular weight is 311 g/mol. The van der Waals surface area contributed by atoms with E-state index in [1.807, 2.05) is 36.4 Å². The number of para-hydroxylation sites is 1. The fourth-order valence-electron chi connectivity index (χ4n) is 3.01. The number of carboxylic acid groups (broad SMARTS) is 1. The van der Waals surface area contributed by atoms with E-state index in [1.165, 1.54) is 12.8 Å². The van der Waals surface area contributed by atoms with Gasteiger partial charge in [0.25, 0.3) is 0 Å². The van der Waals surface area contributed by atoms with Gasteiger partial charge in [0.15, 0.2) is 0 Å². The van der Waals surface area contributed by atoms with E-state index < -0.39 is 5.97 Å². The lowest BCUT2D eigenvalue weighted by Crippen LogP contribution is -2.25. The number of aromatic carboxylic acids is 1. The van der Waals surface area contributed by atoms with Gasteiger partial charge in [0.2, 0.25) is 0 Å². The molecule has 120 valence electrons. The predicted molar refractivity (Wildman–Crippen MR) is 90.0 cm³/mol. The molecule has 0 atom stereocenters. The van der Waals surface area contributed by atoms with Gasteiger partial charge in [-0.05, 0) is 43.6 Å². The Bertz CT molecular complexity index is 678. The molecule has 4 nitrogen and oxygen atoms in total. The molecule has 4 heteroatoms. The van der Waals surface area contributed by atoms with Crippen LogP contribution in [0.5, 0.6) is 5.75 Å². The van der Waals surface area contributed by atoms with Gasteiger partial charge in [-0.1, -0.05) is 36.4 Å². The van der Waals surface area contributed by atoms with E-state index in [0.717, 1.165) is 30.9 Å². The monoisotopic (exact) mass is 311 g/mol. The Morgan fingerprint density at radius 3 is 2.39 bits per heavy atom. The highest BCUT2D eigenvalue weighted by atomic mass is 16.5. The van der Waals surface area contributed by atoms with Crippen LogP contribution in [0.1, 0.15) is 23.2 Å². The standard InChI is InChI=1S/C19H21NO3/c21-19(22)17-9-2-1-7-15(17)16-8-3-4-10-18(16)23-14-13-20-11-5-6-12-20/h1-4,7-10H,5-6,11-14H2,(H,21,22). The van der Waals surface area contributed by atoms with Crippen molar-refractivity contribution in [1.29, 1.82) is 0 Å². The summed E-state index contributed by atoms with van der Waals surface area (Å²) in [5, 5.41) is 9.39. The topological polar surface area (TPSA) is 49.8 Å². The Balaban J connectivity index is 1.79. The Kier molecular flexibility index (Phi) is 4.93. The summed E-state index contributed by atoms with van der Waals surface area (Å²) in [4.78, 5) is 13.8. The van der Waals surface area contributed by atoms with Gasteiger partial charge in [-0.15, -0.1) is 0 Å². The van der Waals surface area contributed by atoms with E-state index in [1.54, 1.807) is 12.1 Å². The molecule has 0 spiro atoms. The molecule has 3 rings (SSSR count). The van der Waals surface area contributed by atoms with Gasteiger partial charge in [-0.25, -0.2) is 4.79 Å². The summed E-state index contributed by atoms with van der Waals surface area (Å²) in [5.74, 6) is -0.187. The molecule has 0 aromatic heterocycles. The zero-order valence-electron chi connectivity index (χ0n) is 13.1. The quantitative estimate of drug-likeness (QED) is 0.886. The summed E-state index contributed by atoms with van der Waals surface area (Å²) in [7, 11) is 0. The van der Waals surface area contributed by atoms with Crippen molar-refractivity contribution in [3.8, 4) is 16.9 Å². The Labute approximate surface area is 136 Å². The first-order valence-electron chi connectivity index (χ1n) is 8.02. The van der Waals surface area contributed by atoms with Crippen LogP contribution in [0.15, 0.2) is 48.5 Å². The molecule has 0 amide bonds. The molecule has 0 unspecified atom stereocenters. The maximum absolute atomic E-state index is 11.4. The number of carbonyl (C=O) groups is 1. The second-order valence-electron chi connectivity index (χ2n) is 5.74. The van der Waals surface area contributed by atoms with E-state index in [-0.39, 0.29) is 0 Å². The molecular weight excluding hydrogens is 290 g/mol. The molecule has 0 radical (unpaired) electrons. The van der Waals surface area contributed by atoms with Crippen LogP contribution in [0.2, 0.25) is 0 Å². The van der Waals surface area contributed by atoms with E-state index in [9.17, 15) is 9.90 Å². The summed E-state index contributed by atoms with van der Waals surface area (Å²) in [6.45, 7) is 3.82. The minimum Gasteiger partial charge on any atom is -0.492 e. The molecular formula is C19H21NO3. The van der Waals surface area contributed by atoms with Crippen molar-refractivity contribution in [2.45, 2.75) is 12.8 Å². The number of ether oxygens (including phenoxy) is 1. The largest absolute Gasteiger partial charge is 0.492 e. The van der Waals surface area contributed by atoms with E-state index in [2.05, 4.69) is 4.90 Å². The van der Waals surface area contributed by atoms with Crippen LogP contribution in [0.3, 0.4) is 0 Å². The Morgan fingerprint density at radius 2 is 1.65 bits per heavy atom. The first-order chi connectivity index (χ1) is 11.3. The van der Waals surface area contributed by atoms with Crippen LogP contribution in [-0.4, -0.2) is 42.2 Å². The van der Waals surface area contributed by atoms with Crippen molar-refractivity contribution < 1.29 is 14.6 Å². The van der Waals surface area contributed by atoms with Gasteiger partial charge in [-0.3, -0.25) is 4.90 Å². The molecule has 1 fully saturated rings. The number of hydrogen-bond donors (Lipinski definition) is 1. The zero-order chi connectivity index (χ0) is 16.1. The Morgan fingerprint density at radius 1 is 1.00 bits per heavy atom. The molecule has 1 aliphatic rings. The second kappa shape index (κ2) is 7.29. The van der Waals surface area contributed by atoms with Crippen molar-refractivity contribution in [3.63, 3.8) is 0 Å². The highest BCUT2D eigenvalue weighted by molar-refractivity contribution is 5.96. The van der Waals surface area contributed by atoms with Gasteiger partial charge in [-0.2, -0.15) is 0 Å². The minimum atomic E-state index is -0.924. The molecule has 0 aliphatic carbocycles. The second-order valence-corrected chi connectivity index (χ2v) is 5.74. The van der Waals surface area contributed by atoms with Crippen molar-refractivity contribution in [2.75, 3.05) is 26.2 Å². The summed E-state index contributed by atoms with van der Waals surface area (Å²) in [6.07, 6.45) is 2.53. The Hall–Kier alpha value is -2.33. The third-order valence-corrected chi connectivity index (χ3v) is 4.20. The van der Waals surface area contributed by atoms with Gasteiger partial charge >= 0.3 is 5.97 Å². The smallest absolute Gasteiger partial charge is 0.336 e. The van der Waals surface area contributed by atoms with Crippen molar-refractivity contribution in [3.05, 3.63) is 54.1 Å². The predicted octanol–water partition coefficient (Wildman–Crippen LogP) is 3.53. The molecule has 23 heavy (non-hydrogen) atoms. The summed E-state index contributed by atoms with van der Waals surface area (Å²) >= 11 is 0. The van der Waals surface area contributed by atoms with Crippen molar-refractivity contribution in [1.82, 2.24) is 4.90 Å². The highest BCUT2D eigenvalue weighted by Crippen LogP contribution is 2.32. The van der Waals surface area contributed by atoms with Gasteiger partial charge < -0.3 is 9.84 Å². The zero-order valence-corrected chi connectivity index (χ0v) is 13.1. The summed E-state index contributed by atoms with van der Waals surface area (Å²) in [6, 6.07) is 14.7. The normalized spacial score (nSPS) is 14.8. The lowest BCUT2D eigenvalue weighted by molar-refractivity contribution is 0.0697. The number of benzene rings is 2. The molecule has 2 aromatic rings. The number of hydrogen-bond acceptors (Lipinski definition) is 3. The van der Waals surface area contributed by atoms with E-state index in [0.29, 0.717) is 17.7 Å². The molecule has 1 aliphatic heterocycles. The number of rotatable bonds is 6. The van der Waals surface area contributed by atoms with Crippen molar-refractivity contribution >= 4 is 5.97 Å². The molecule has 1 N–H and O–H groups in total. The maximum Gasteiger partial charge on any atom is 0.336 e. The van der Waals surface area contributed by atoms with Gasteiger partial charge in [0, 0.05) is 12.1 Å². The first-order valence-corrected chi connectivity index (χ1v) is 8.02. The van der Waals surface area contributed by atoms with Crippen LogP contribution >= 0.6 is 0 Å². The maximum atomic E-state index is 11.4. The van der Waals surface area contributed by atoms with Gasteiger partial charge in [0.1, 0.15) is 12.4 Å². The highest BCUT2D eigenvalue weighted by Gasteiger charge is 2.15. The minimum absolute atomic E-state index is 0.295. The average Bonchev–Trinajstić information content (AvgIpc) is 3.09. The third kappa shape index (κ3) is 3.71. The van der Waals surface area contributed by atoms with Crippen LogP contribution in [0.4, 0.5) is 0 Å². The summed E-state index contributed by atoms with van der Waals surface area (Å²) in [5.41, 5.74) is 1.81. The molecule has 1 saturated heterocycles. The lowest BCUT2D eigenvalue weighted by atomic mass is 9.99. The SMILES string of the molecule is O=C(O)c1ccccc1-c1ccccc1OCCN1CCCC1. The molecule has 2 aromatic carbocycles. The van der Waals surface area contributed by atoms with Gasteiger partial charge in [0.05, 0.1) is 5.56 Å². The lowest BCUT2D eigenvalue weighted by Gasteiger charge is -2.17. The molecule has 0 bridgehead atoms. The first kappa shape index (κ1) is 15.6. The molecule has 0 saturated carbocycles. The number of carboxylic acids is 1.